The smallest absolute Gasteiger partial charge is 0.0270 e. The van der Waals surface area contributed by atoms with Crippen LogP contribution >= 0.6 is 0 Å². The lowest BCUT2D eigenvalue weighted by Gasteiger charge is -2.26. The molecule has 0 saturated heterocycles. The van der Waals surface area contributed by atoms with Crippen molar-refractivity contribution in [1.29, 1.82) is 0 Å². The lowest BCUT2D eigenvalue weighted by Crippen LogP contribution is -2.32. The second-order valence-electron chi connectivity index (χ2n) is 6.21. The Hall–Kier alpha value is -0.780. The van der Waals surface area contributed by atoms with Crippen molar-refractivity contribution in [1.82, 2.24) is 4.90 Å². The zero-order valence-electron chi connectivity index (χ0n) is 11.7. The third-order valence-electron chi connectivity index (χ3n) is 4.20. The van der Waals surface area contributed by atoms with E-state index in [0.717, 1.165) is 12.5 Å². The van der Waals surface area contributed by atoms with Crippen molar-refractivity contribution in [3.05, 3.63) is 29.0 Å². The molecule has 1 heteroatoms. The van der Waals surface area contributed by atoms with Crippen LogP contribution in [0.15, 0.2) is 29.0 Å². The van der Waals surface area contributed by atoms with Gasteiger partial charge in [0.15, 0.2) is 0 Å². The molecule has 0 spiro atoms. The molecule has 1 saturated carbocycles. The molecule has 1 atom stereocenters. The van der Waals surface area contributed by atoms with Gasteiger partial charge >= 0.3 is 0 Å². The summed E-state index contributed by atoms with van der Waals surface area (Å²) in [5.74, 6) is 0.752. The summed E-state index contributed by atoms with van der Waals surface area (Å²) >= 11 is 0. The Kier molecular flexibility index (Phi) is 3.61. The van der Waals surface area contributed by atoms with Gasteiger partial charge in [0.2, 0.25) is 0 Å². The Labute approximate surface area is 106 Å². The van der Waals surface area contributed by atoms with Gasteiger partial charge in [-0.15, -0.1) is 5.73 Å². The molecule has 0 radical (unpaired) electrons. The summed E-state index contributed by atoms with van der Waals surface area (Å²) in [4.78, 5) is 2.51. The van der Waals surface area contributed by atoms with E-state index in [1.54, 1.807) is 0 Å². The van der Waals surface area contributed by atoms with Gasteiger partial charge in [-0.3, -0.25) is 4.90 Å². The Morgan fingerprint density at radius 2 is 2.18 bits per heavy atom. The number of rotatable bonds is 3. The fourth-order valence-corrected chi connectivity index (χ4v) is 2.50. The first-order chi connectivity index (χ1) is 7.99. The van der Waals surface area contributed by atoms with Crippen LogP contribution in [0.1, 0.15) is 46.5 Å². The van der Waals surface area contributed by atoms with E-state index in [1.807, 2.05) is 0 Å². The Balaban J connectivity index is 2.11. The van der Waals surface area contributed by atoms with Gasteiger partial charge in [-0.2, -0.15) is 0 Å². The quantitative estimate of drug-likeness (QED) is 0.665. The van der Waals surface area contributed by atoms with Crippen LogP contribution in [-0.4, -0.2) is 24.0 Å². The summed E-state index contributed by atoms with van der Waals surface area (Å²) in [6, 6.07) is 0. The minimum Gasteiger partial charge on any atom is -0.296 e. The second-order valence-corrected chi connectivity index (χ2v) is 6.21. The molecule has 17 heavy (non-hydrogen) atoms. The van der Waals surface area contributed by atoms with Crippen LogP contribution in [0, 0.1) is 5.92 Å². The maximum absolute atomic E-state index is 3.58. The van der Waals surface area contributed by atoms with Gasteiger partial charge < -0.3 is 0 Å². The Bertz CT molecular complexity index is 378. The van der Waals surface area contributed by atoms with Crippen LogP contribution < -0.4 is 0 Å². The highest BCUT2D eigenvalue weighted by Gasteiger charge is 2.41. The molecule has 2 aliphatic carbocycles. The Morgan fingerprint density at radius 3 is 2.82 bits per heavy atom. The number of hydrogen-bond acceptors (Lipinski definition) is 1. The predicted octanol–water partition coefficient (Wildman–Crippen LogP) is 3.93. The molecule has 0 bridgehead atoms. The highest BCUT2D eigenvalue weighted by molar-refractivity contribution is 5.22. The lowest BCUT2D eigenvalue weighted by atomic mass is 9.95. The van der Waals surface area contributed by atoms with E-state index in [-0.39, 0.29) is 0 Å². The molecule has 1 fully saturated rings. The van der Waals surface area contributed by atoms with Crippen LogP contribution in [0.5, 0.6) is 0 Å². The highest BCUT2D eigenvalue weighted by Crippen LogP contribution is 2.40. The third kappa shape index (κ3) is 3.34. The molecule has 2 rings (SSSR count). The molecule has 0 unspecified atom stereocenters. The van der Waals surface area contributed by atoms with Gasteiger partial charge in [0.1, 0.15) is 0 Å². The molecule has 0 aromatic carbocycles. The molecule has 94 valence electrons. The SMILES string of the molecule is CC1=C=C(CN(C)C2(C)CC2)C[C@H](C)C/C=C\1. The van der Waals surface area contributed by atoms with Gasteiger partial charge in [-0.05, 0) is 63.6 Å². The van der Waals surface area contributed by atoms with E-state index in [0.29, 0.717) is 5.54 Å². The summed E-state index contributed by atoms with van der Waals surface area (Å²) in [5.41, 5.74) is 6.82. The summed E-state index contributed by atoms with van der Waals surface area (Å²) in [5, 5.41) is 0. The van der Waals surface area contributed by atoms with E-state index in [9.17, 15) is 0 Å². The van der Waals surface area contributed by atoms with E-state index in [4.69, 9.17) is 0 Å². The average Bonchev–Trinajstić information content (AvgIpc) is 2.95. The van der Waals surface area contributed by atoms with E-state index in [1.165, 1.54) is 36.8 Å². The summed E-state index contributed by atoms with van der Waals surface area (Å²) in [6.07, 6.45) is 9.61. The number of hydrogen-bond donors (Lipinski definition) is 0. The zero-order valence-corrected chi connectivity index (χ0v) is 11.7. The van der Waals surface area contributed by atoms with Crippen molar-refractivity contribution < 1.29 is 0 Å². The van der Waals surface area contributed by atoms with Crippen LogP contribution in [0.25, 0.3) is 0 Å². The number of allylic oxidation sites excluding steroid dienone is 2. The van der Waals surface area contributed by atoms with Crippen molar-refractivity contribution in [2.75, 3.05) is 13.6 Å². The fourth-order valence-electron chi connectivity index (χ4n) is 2.50. The van der Waals surface area contributed by atoms with Crippen molar-refractivity contribution in [3.8, 4) is 0 Å². The average molecular weight is 231 g/mol. The van der Waals surface area contributed by atoms with Crippen LogP contribution in [0.4, 0.5) is 0 Å². The molecule has 0 aliphatic heterocycles. The largest absolute Gasteiger partial charge is 0.296 e. The van der Waals surface area contributed by atoms with Gasteiger partial charge in [-0.1, -0.05) is 19.1 Å². The van der Waals surface area contributed by atoms with Gasteiger partial charge in [0.25, 0.3) is 0 Å². The molecule has 0 amide bonds. The maximum atomic E-state index is 3.58. The predicted molar refractivity (Wildman–Crippen MR) is 74.0 cm³/mol. The third-order valence-corrected chi connectivity index (χ3v) is 4.20. The monoisotopic (exact) mass is 231 g/mol. The highest BCUT2D eigenvalue weighted by atomic mass is 15.2. The van der Waals surface area contributed by atoms with Gasteiger partial charge in [-0.25, -0.2) is 0 Å². The van der Waals surface area contributed by atoms with E-state index in [2.05, 4.69) is 50.6 Å². The molecular formula is C16H25N. The minimum atomic E-state index is 0.476. The number of nitrogens with zero attached hydrogens (tertiary/aromatic N) is 1. The molecule has 0 N–H and O–H groups in total. The summed E-state index contributed by atoms with van der Waals surface area (Å²) < 4.78 is 0. The second kappa shape index (κ2) is 4.84. The number of likely N-dealkylation sites (N-methyl/N-ethyl adjacent to an activating group) is 1. The first-order valence-electron chi connectivity index (χ1n) is 6.83. The minimum absolute atomic E-state index is 0.476. The van der Waals surface area contributed by atoms with Crippen LogP contribution in [-0.2, 0) is 0 Å². The standard InChI is InChI=1S/C16H25N/c1-13-6-5-7-14(2)11-15(10-13)12-17(4)16(3)8-9-16/h5-6,14H,7-9,11-12H2,1-4H3/b6-5-/t10?,14-/m1/s1. The van der Waals surface area contributed by atoms with Gasteiger partial charge in [0.05, 0.1) is 0 Å². The molecular weight excluding hydrogens is 206 g/mol. The zero-order chi connectivity index (χ0) is 12.5. The molecule has 0 heterocycles. The fraction of sp³-hybridized carbons (Fsp3) is 0.688. The Morgan fingerprint density at radius 1 is 1.47 bits per heavy atom. The van der Waals surface area contributed by atoms with Crippen molar-refractivity contribution in [2.45, 2.75) is 52.0 Å². The van der Waals surface area contributed by atoms with Crippen LogP contribution in [0.2, 0.25) is 0 Å². The maximum Gasteiger partial charge on any atom is 0.0270 e. The molecule has 2 aliphatic rings. The first-order valence-corrected chi connectivity index (χ1v) is 6.83. The lowest BCUT2D eigenvalue weighted by molar-refractivity contribution is 0.254. The van der Waals surface area contributed by atoms with Crippen molar-refractivity contribution in [3.63, 3.8) is 0 Å². The van der Waals surface area contributed by atoms with E-state index < -0.39 is 0 Å². The molecule has 0 aromatic heterocycles. The van der Waals surface area contributed by atoms with Gasteiger partial charge in [0, 0.05) is 12.1 Å². The summed E-state index contributed by atoms with van der Waals surface area (Å²) in [6.45, 7) is 7.96. The summed E-state index contributed by atoms with van der Waals surface area (Å²) in [7, 11) is 2.26. The topological polar surface area (TPSA) is 3.24 Å². The van der Waals surface area contributed by atoms with Crippen molar-refractivity contribution in [2.24, 2.45) is 5.92 Å². The first kappa shape index (κ1) is 12.7. The molecule has 1 nitrogen and oxygen atoms in total. The molecule has 0 aromatic rings. The van der Waals surface area contributed by atoms with Crippen molar-refractivity contribution >= 4 is 0 Å². The van der Waals surface area contributed by atoms with Crippen LogP contribution in [0.3, 0.4) is 0 Å². The van der Waals surface area contributed by atoms with E-state index >= 15 is 0 Å². The normalized spacial score (nSPS) is 29.1.